The summed E-state index contributed by atoms with van der Waals surface area (Å²) in [7, 11) is 2.10. The Kier molecular flexibility index (Phi) is 4.85. The second-order valence-corrected chi connectivity index (χ2v) is 7.31. The van der Waals surface area contributed by atoms with Crippen molar-refractivity contribution in [1.29, 1.82) is 0 Å². The van der Waals surface area contributed by atoms with Crippen LogP contribution in [0.15, 0.2) is 12.4 Å². The number of hydrogen-bond acceptors (Lipinski definition) is 5. The third-order valence-electron chi connectivity index (χ3n) is 5.76. The second kappa shape index (κ2) is 7.25. The van der Waals surface area contributed by atoms with Crippen LogP contribution in [-0.4, -0.2) is 61.6 Å². The summed E-state index contributed by atoms with van der Waals surface area (Å²) in [6.07, 6.45) is 8.60. The maximum atomic E-state index is 5.52. The van der Waals surface area contributed by atoms with Crippen LogP contribution in [0.4, 0.5) is 0 Å². The predicted octanol–water partition coefficient (Wildman–Crippen LogP) is 1.73. The molecule has 1 atom stereocenters. The fraction of sp³-hybridized carbons (Fsp3) is 0.722. The Hall–Kier alpha value is -1.73. The highest BCUT2D eigenvalue weighted by molar-refractivity contribution is 5.06. The minimum absolute atomic E-state index is 0.478. The van der Waals surface area contributed by atoms with E-state index in [2.05, 4.69) is 36.3 Å². The Morgan fingerprint density at radius 2 is 2.04 bits per heavy atom. The number of piperidine rings is 1. The Bertz CT molecular complexity index is 702. The van der Waals surface area contributed by atoms with E-state index in [-0.39, 0.29) is 0 Å². The van der Waals surface area contributed by atoms with Crippen molar-refractivity contribution >= 4 is 0 Å². The maximum absolute atomic E-state index is 5.52. The van der Waals surface area contributed by atoms with Crippen LogP contribution in [0.2, 0.25) is 0 Å². The van der Waals surface area contributed by atoms with E-state index in [0.717, 1.165) is 56.6 Å². The molecular formula is C18H28N6O. The monoisotopic (exact) mass is 344 g/mol. The fourth-order valence-corrected chi connectivity index (χ4v) is 4.19. The van der Waals surface area contributed by atoms with Gasteiger partial charge in [-0.2, -0.15) is 0 Å². The highest BCUT2D eigenvalue weighted by atomic mass is 16.5. The van der Waals surface area contributed by atoms with Crippen LogP contribution < -0.4 is 0 Å². The van der Waals surface area contributed by atoms with Gasteiger partial charge in [-0.3, -0.25) is 4.90 Å². The summed E-state index contributed by atoms with van der Waals surface area (Å²) in [5.74, 6) is 3.61. The van der Waals surface area contributed by atoms with Crippen molar-refractivity contribution in [2.75, 3.05) is 26.3 Å². The molecule has 0 saturated carbocycles. The van der Waals surface area contributed by atoms with Crippen LogP contribution in [0.25, 0.3) is 0 Å². The molecule has 0 spiro atoms. The van der Waals surface area contributed by atoms with Gasteiger partial charge < -0.3 is 13.9 Å². The summed E-state index contributed by atoms with van der Waals surface area (Å²) in [5.41, 5.74) is 0. The van der Waals surface area contributed by atoms with Crippen molar-refractivity contribution in [2.24, 2.45) is 7.05 Å². The van der Waals surface area contributed by atoms with E-state index in [4.69, 9.17) is 4.74 Å². The molecule has 0 N–H and O–H groups in total. The van der Waals surface area contributed by atoms with E-state index < -0.39 is 0 Å². The SMILES string of the molecule is Cc1nccn1Cc1nnc(C2CCCN(C3CCOCC3)C2)n1C. The first kappa shape index (κ1) is 16.7. The lowest BCUT2D eigenvalue weighted by molar-refractivity contribution is 0.0233. The molecule has 4 heterocycles. The van der Waals surface area contributed by atoms with Crippen molar-refractivity contribution in [1.82, 2.24) is 29.2 Å². The number of hydrogen-bond donors (Lipinski definition) is 0. The van der Waals surface area contributed by atoms with Gasteiger partial charge in [0.15, 0.2) is 5.82 Å². The molecule has 7 heteroatoms. The minimum Gasteiger partial charge on any atom is -0.381 e. The minimum atomic E-state index is 0.478. The maximum Gasteiger partial charge on any atom is 0.152 e. The third kappa shape index (κ3) is 3.48. The van der Waals surface area contributed by atoms with E-state index in [1.165, 1.54) is 19.4 Å². The highest BCUT2D eigenvalue weighted by Gasteiger charge is 2.30. The summed E-state index contributed by atoms with van der Waals surface area (Å²) in [6, 6.07) is 0.679. The largest absolute Gasteiger partial charge is 0.381 e. The van der Waals surface area contributed by atoms with Crippen molar-refractivity contribution in [3.8, 4) is 0 Å². The van der Waals surface area contributed by atoms with E-state index in [9.17, 15) is 0 Å². The summed E-state index contributed by atoms with van der Waals surface area (Å²) >= 11 is 0. The Morgan fingerprint density at radius 3 is 2.80 bits per heavy atom. The molecule has 0 amide bonds. The lowest BCUT2D eigenvalue weighted by Gasteiger charge is -2.39. The van der Waals surface area contributed by atoms with E-state index in [1.54, 1.807) is 0 Å². The number of likely N-dealkylation sites (tertiary alicyclic amines) is 1. The molecule has 0 bridgehead atoms. The van der Waals surface area contributed by atoms with Gasteiger partial charge in [-0.15, -0.1) is 10.2 Å². The molecule has 2 aromatic heterocycles. The number of imidazole rings is 1. The summed E-state index contributed by atoms with van der Waals surface area (Å²) < 4.78 is 9.83. The molecule has 0 radical (unpaired) electrons. The molecule has 1 unspecified atom stereocenters. The fourth-order valence-electron chi connectivity index (χ4n) is 4.19. The molecule has 2 aromatic rings. The Morgan fingerprint density at radius 1 is 1.20 bits per heavy atom. The smallest absolute Gasteiger partial charge is 0.152 e. The molecule has 2 saturated heterocycles. The zero-order chi connectivity index (χ0) is 17.2. The Labute approximate surface area is 149 Å². The number of aryl methyl sites for hydroxylation is 1. The molecule has 2 aliphatic rings. The van der Waals surface area contributed by atoms with E-state index in [1.807, 2.05) is 19.3 Å². The zero-order valence-corrected chi connectivity index (χ0v) is 15.3. The number of rotatable bonds is 4. The molecule has 2 aliphatic heterocycles. The van der Waals surface area contributed by atoms with Gasteiger partial charge >= 0.3 is 0 Å². The summed E-state index contributed by atoms with van der Waals surface area (Å²) in [6.45, 7) is 6.87. The van der Waals surface area contributed by atoms with Gasteiger partial charge in [-0.25, -0.2) is 4.98 Å². The van der Waals surface area contributed by atoms with Crippen molar-refractivity contribution in [3.05, 3.63) is 29.9 Å². The molecule has 7 nitrogen and oxygen atoms in total. The highest BCUT2D eigenvalue weighted by Crippen LogP contribution is 2.29. The van der Waals surface area contributed by atoms with Gasteiger partial charge in [0.05, 0.1) is 6.54 Å². The average molecular weight is 344 g/mol. The summed E-state index contributed by atoms with van der Waals surface area (Å²) in [5, 5.41) is 9.03. The lowest BCUT2D eigenvalue weighted by atomic mass is 9.94. The normalized spacial score (nSPS) is 23.2. The van der Waals surface area contributed by atoms with Gasteiger partial charge in [0, 0.05) is 51.2 Å². The lowest BCUT2D eigenvalue weighted by Crippen LogP contribution is -2.45. The van der Waals surface area contributed by atoms with Crippen molar-refractivity contribution < 1.29 is 4.74 Å². The molecule has 136 valence electrons. The molecule has 2 fully saturated rings. The average Bonchev–Trinajstić information content (AvgIpc) is 3.22. The van der Waals surface area contributed by atoms with E-state index >= 15 is 0 Å². The van der Waals surface area contributed by atoms with Crippen LogP contribution >= 0.6 is 0 Å². The third-order valence-corrected chi connectivity index (χ3v) is 5.76. The van der Waals surface area contributed by atoms with Gasteiger partial charge in [0.1, 0.15) is 11.6 Å². The quantitative estimate of drug-likeness (QED) is 0.845. The summed E-state index contributed by atoms with van der Waals surface area (Å²) in [4.78, 5) is 6.95. The standard InChI is InChI=1S/C18H28N6O/c1-14-19-7-9-23(14)13-17-20-21-18(22(17)2)15-4-3-8-24(12-15)16-5-10-25-11-6-16/h7,9,15-16H,3-6,8,10-13H2,1-2H3. The molecule has 0 aromatic carbocycles. The van der Waals surface area contributed by atoms with Crippen LogP contribution in [0.5, 0.6) is 0 Å². The van der Waals surface area contributed by atoms with Crippen molar-refractivity contribution in [2.45, 2.75) is 51.1 Å². The van der Waals surface area contributed by atoms with Crippen LogP contribution in [0.1, 0.15) is 49.1 Å². The second-order valence-electron chi connectivity index (χ2n) is 7.31. The van der Waals surface area contributed by atoms with Crippen LogP contribution in [-0.2, 0) is 18.3 Å². The number of nitrogens with zero attached hydrogens (tertiary/aromatic N) is 6. The Balaban J connectivity index is 1.47. The first-order valence-corrected chi connectivity index (χ1v) is 9.40. The van der Waals surface area contributed by atoms with E-state index in [0.29, 0.717) is 12.0 Å². The first-order valence-electron chi connectivity index (χ1n) is 9.40. The molecule has 4 rings (SSSR count). The van der Waals surface area contributed by atoms with Gasteiger partial charge in [0.2, 0.25) is 0 Å². The van der Waals surface area contributed by atoms with Gasteiger partial charge in [-0.05, 0) is 39.2 Å². The number of aromatic nitrogens is 5. The van der Waals surface area contributed by atoms with Crippen molar-refractivity contribution in [3.63, 3.8) is 0 Å². The molecule has 0 aliphatic carbocycles. The van der Waals surface area contributed by atoms with Gasteiger partial charge in [0.25, 0.3) is 0 Å². The topological polar surface area (TPSA) is 61.0 Å². The zero-order valence-electron chi connectivity index (χ0n) is 15.3. The van der Waals surface area contributed by atoms with Crippen LogP contribution in [0, 0.1) is 6.92 Å². The predicted molar refractivity (Wildman–Crippen MR) is 94.5 cm³/mol. The molecular weight excluding hydrogens is 316 g/mol. The van der Waals surface area contributed by atoms with Crippen LogP contribution in [0.3, 0.4) is 0 Å². The van der Waals surface area contributed by atoms with Gasteiger partial charge in [-0.1, -0.05) is 0 Å². The molecule has 25 heavy (non-hydrogen) atoms. The first-order chi connectivity index (χ1) is 12.2. The number of ether oxygens (including phenoxy) is 1.